The van der Waals surface area contributed by atoms with Gasteiger partial charge in [0.25, 0.3) is 0 Å². The highest BCUT2D eigenvalue weighted by atomic mass is 19.1. The Balaban J connectivity index is 0.000000461. The van der Waals surface area contributed by atoms with Crippen LogP contribution in [0.3, 0.4) is 0 Å². The second kappa shape index (κ2) is 5.86. The van der Waals surface area contributed by atoms with E-state index in [1.54, 1.807) is 12.1 Å². The lowest BCUT2D eigenvalue weighted by molar-refractivity contribution is 0.612. The monoisotopic (exact) mass is 155 g/mol. The Labute approximate surface area is 67.0 Å². The molecular weight excluding hydrogens is 141 g/mol. The third-order valence-corrected chi connectivity index (χ3v) is 1.34. The van der Waals surface area contributed by atoms with Crippen molar-refractivity contribution >= 4 is 0 Å². The molecular formula is C9H14FN. The molecule has 62 valence electrons. The maximum absolute atomic E-state index is 12.6. The number of benzene rings is 1. The molecule has 2 heteroatoms. The summed E-state index contributed by atoms with van der Waals surface area (Å²) >= 11 is 0. The first-order valence-corrected chi connectivity index (χ1v) is 3.65. The minimum atomic E-state index is -0.0972. The van der Waals surface area contributed by atoms with E-state index in [0.717, 1.165) is 12.0 Å². The van der Waals surface area contributed by atoms with Crippen LogP contribution >= 0.6 is 0 Å². The summed E-state index contributed by atoms with van der Waals surface area (Å²) in [5, 5.41) is 0. The van der Waals surface area contributed by atoms with E-state index in [9.17, 15) is 4.39 Å². The molecule has 0 bridgehead atoms. The van der Waals surface area contributed by atoms with Crippen molar-refractivity contribution < 1.29 is 4.39 Å². The molecule has 0 spiro atoms. The van der Waals surface area contributed by atoms with Crippen LogP contribution in [0.15, 0.2) is 24.3 Å². The second-order valence-corrected chi connectivity index (χ2v) is 1.94. The Morgan fingerprint density at radius 2 is 1.82 bits per heavy atom. The highest BCUT2D eigenvalue weighted by molar-refractivity contribution is 5.16. The van der Waals surface area contributed by atoms with Crippen molar-refractivity contribution in [1.82, 2.24) is 0 Å². The summed E-state index contributed by atoms with van der Waals surface area (Å²) in [4.78, 5) is 0. The molecule has 1 nitrogen and oxygen atoms in total. The smallest absolute Gasteiger partial charge is 0.126 e. The summed E-state index contributed by atoms with van der Waals surface area (Å²) in [6.45, 7) is 1.94. The zero-order chi connectivity index (χ0) is 8.69. The van der Waals surface area contributed by atoms with Gasteiger partial charge >= 0.3 is 0 Å². The van der Waals surface area contributed by atoms with Gasteiger partial charge in [0, 0.05) is 0 Å². The van der Waals surface area contributed by atoms with Crippen LogP contribution in [-0.4, -0.2) is 7.05 Å². The number of hydrogen-bond acceptors (Lipinski definition) is 1. The molecule has 0 fully saturated rings. The molecule has 0 aliphatic rings. The van der Waals surface area contributed by atoms with Gasteiger partial charge in [0.15, 0.2) is 0 Å². The number of rotatable bonds is 1. The molecule has 1 aromatic rings. The van der Waals surface area contributed by atoms with E-state index in [1.807, 2.05) is 13.0 Å². The van der Waals surface area contributed by atoms with Crippen LogP contribution in [-0.2, 0) is 6.42 Å². The minimum absolute atomic E-state index is 0.0972. The van der Waals surface area contributed by atoms with Crippen LogP contribution < -0.4 is 5.73 Å². The van der Waals surface area contributed by atoms with Crippen molar-refractivity contribution in [3.63, 3.8) is 0 Å². The van der Waals surface area contributed by atoms with E-state index in [2.05, 4.69) is 5.73 Å². The van der Waals surface area contributed by atoms with Crippen molar-refractivity contribution in [2.45, 2.75) is 13.3 Å². The predicted octanol–water partition coefficient (Wildman–Crippen LogP) is 1.96. The molecule has 1 aromatic carbocycles. The average molecular weight is 155 g/mol. The second-order valence-electron chi connectivity index (χ2n) is 1.94. The first kappa shape index (κ1) is 10.1. The Hall–Kier alpha value is -0.890. The maximum Gasteiger partial charge on any atom is 0.126 e. The molecule has 0 amide bonds. The van der Waals surface area contributed by atoms with Gasteiger partial charge in [-0.25, -0.2) is 4.39 Å². The van der Waals surface area contributed by atoms with E-state index in [0.29, 0.717) is 0 Å². The number of halogens is 1. The average Bonchev–Trinajstić information content (AvgIpc) is 2.09. The van der Waals surface area contributed by atoms with Crippen LogP contribution in [0.5, 0.6) is 0 Å². The predicted molar refractivity (Wildman–Crippen MR) is 45.9 cm³/mol. The van der Waals surface area contributed by atoms with E-state index >= 15 is 0 Å². The lowest BCUT2D eigenvalue weighted by Crippen LogP contribution is -1.83. The van der Waals surface area contributed by atoms with Crippen molar-refractivity contribution in [2.24, 2.45) is 5.73 Å². The van der Waals surface area contributed by atoms with Gasteiger partial charge in [0.2, 0.25) is 0 Å². The molecule has 0 heterocycles. The van der Waals surface area contributed by atoms with Crippen molar-refractivity contribution in [1.29, 1.82) is 0 Å². The highest BCUT2D eigenvalue weighted by Crippen LogP contribution is 2.05. The van der Waals surface area contributed by atoms with Crippen LogP contribution in [0.1, 0.15) is 12.5 Å². The molecule has 0 aliphatic heterocycles. The largest absolute Gasteiger partial charge is 0.333 e. The quantitative estimate of drug-likeness (QED) is 0.659. The third-order valence-electron chi connectivity index (χ3n) is 1.34. The SMILES string of the molecule is CCc1ccccc1F.CN. The molecule has 0 saturated carbocycles. The summed E-state index contributed by atoms with van der Waals surface area (Å²) in [5.41, 5.74) is 5.29. The van der Waals surface area contributed by atoms with Crippen molar-refractivity contribution in [3.8, 4) is 0 Å². The lowest BCUT2D eigenvalue weighted by atomic mass is 10.2. The number of nitrogens with two attached hydrogens (primary N) is 1. The van der Waals surface area contributed by atoms with Crippen LogP contribution in [0.2, 0.25) is 0 Å². The van der Waals surface area contributed by atoms with Gasteiger partial charge in [0.1, 0.15) is 5.82 Å². The molecule has 0 aromatic heterocycles. The maximum atomic E-state index is 12.6. The third kappa shape index (κ3) is 3.14. The number of hydrogen-bond donors (Lipinski definition) is 1. The van der Waals surface area contributed by atoms with Gasteiger partial charge in [-0.2, -0.15) is 0 Å². The lowest BCUT2D eigenvalue weighted by Gasteiger charge is -1.94. The standard InChI is InChI=1S/C8H9F.CH5N/c1-2-7-5-3-4-6-8(7)9;1-2/h3-6H,2H2,1H3;2H2,1H3. The fraction of sp³-hybridized carbons (Fsp3) is 0.333. The summed E-state index contributed by atoms with van der Waals surface area (Å²) < 4.78 is 12.6. The van der Waals surface area contributed by atoms with Crippen LogP contribution in [0.25, 0.3) is 0 Å². The fourth-order valence-corrected chi connectivity index (χ4v) is 0.785. The minimum Gasteiger partial charge on any atom is -0.333 e. The van der Waals surface area contributed by atoms with Gasteiger partial charge in [-0.15, -0.1) is 0 Å². The van der Waals surface area contributed by atoms with Gasteiger partial charge in [-0.3, -0.25) is 0 Å². The van der Waals surface area contributed by atoms with Gasteiger partial charge in [0.05, 0.1) is 0 Å². The van der Waals surface area contributed by atoms with E-state index in [-0.39, 0.29) is 5.82 Å². The molecule has 0 aliphatic carbocycles. The Kier molecular flexibility index (Phi) is 5.39. The van der Waals surface area contributed by atoms with E-state index in [4.69, 9.17) is 0 Å². The summed E-state index contributed by atoms with van der Waals surface area (Å²) in [7, 11) is 1.50. The van der Waals surface area contributed by atoms with Crippen LogP contribution in [0.4, 0.5) is 4.39 Å². The van der Waals surface area contributed by atoms with Crippen molar-refractivity contribution in [3.05, 3.63) is 35.6 Å². The van der Waals surface area contributed by atoms with Gasteiger partial charge in [-0.1, -0.05) is 25.1 Å². The Bertz CT molecular complexity index is 199. The fourth-order valence-electron chi connectivity index (χ4n) is 0.785. The molecule has 0 saturated heterocycles. The number of aryl methyl sites for hydroxylation is 1. The van der Waals surface area contributed by atoms with E-state index < -0.39 is 0 Å². The van der Waals surface area contributed by atoms with Crippen molar-refractivity contribution in [2.75, 3.05) is 7.05 Å². The first-order valence-electron chi connectivity index (χ1n) is 3.65. The first-order chi connectivity index (χ1) is 5.34. The molecule has 2 N–H and O–H groups in total. The molecule has 0 unspecified atom stereocenters. The molecule has 0 atom stereocenters. The summed E-state index contributed by atoms with van der Waals surface area (Å²) in [6.07, 6.45) is 0.771. The van der Waals surface area contributed by atoms with Gasteiger partial charge in [-0.05, 0) is 25.1 Å². The normalized spacial score (nSPS) is 8.36. The topological polar surface area (TPSA) is 26.0 Å². The molecule has 0 radical (unpaired) electrons. The van der Waals surface area contributed by atoms with E-state index in [1.165, 1.54) is 13.1 Å². The zero-order valence-corrected chi connectivity index (χ0v) is 6.97. The Morgan fingerprint density at radius 1 is 1.27 bits per heavy atom. The summed E-state index contributed by atoms with van der Waals surface area (Å²) in [5.74, 6) is -0.0972. The summed E-state index contributed by atoms with van der Waals surface area (Å²) in [6, 6.07) is 6.84. The van der Waals surface area contributed by atoms with Gasteiger partial charge < -0.3 is 5.73 Å². The molecule has 11 heavy (non-hydrogen) atoms. The zero-order valence-electron chi connectivity index (χ0n) is 6.97. The van der Waals surface area contributed by atoms with Crippen LogP contribution in [0, 0.1) is 5.82 Å². The Morgan fingerprint density at radius 3 is 2.18 bits per heavy atom. The molecule has 1 rings (SSSR count). The highest BCUT2D eigenvalue weighted by Gasteiger charge is 1.93.